The highest BCUT2D eigenvalue weighted by molar-refractivity contribution is 7.92. The number of hydrogen-bond donors (Lipinski definition) is 0. The van der Waals surface area contributed by atoms with Crippen LogP contribution >= 0.6 is 11.3 Å². The first-order valence-corrected chi connectivity index (χ1v) is 12.7. The molecule has 1 amide bonds. The first-order valence-electron chi connectivity index (χ1n) is 10.3. The monoisotopic (exact) mass is 506 g/mol. The number of hydrogen-bond acceptors (Lipinski definition) is 8. The number of esters is 1. The molecular weight excluding hydrogens is 480 g/mol. The molecule has 0 atom stereocenters. The summed E-state index contributed by atoms with van der Waals surface area (Å²) < 4.78 is 42.4. The number of carbonyl (C=O) groups is 2. The van der Waals surface area contributed by atoms with Gasteiger partial charge in [-0.25, -0.2) is 8.42 Å². The van der Waals surface area contributed by atoms with E-state index in [9.17, 15) is 18.0 Å². The Balaban J connectivity index is 1.99. The second kappa shape index (κ2) is 10.4. The molecule has 0 fully saturated rings. The van der Waals surface area contributed by atoms with Gasteiger partial charge < -0.3 is 18.8 Å². The standard InChI is InChI=1S/C23H26N2O7S2/c1-14(2)34(28,29)16-8-6-15(7-9-16)10-21(26)24-23-25(13-22(27)32-5)17-11-18(30-3)19(31-4)12-20(17)33-23/h6-9,11-12,14H,10,13H2,1-5H3. The van der Waals surface area contributed by atoms with Gasteiger partial charge in [-0.1, -0.05) is 23.5 Å². The molecule has 182 valence electrons. The molecule has 0 aliphatic heterocycles. The highest BCUT2D eigenvalue weighted by atomic mass is 32.2. The third kappa shape index (κ3) is 5.31. The maximum absolute atomic E-state index is 12.7. The van der Waals surface area contributed by atoms with Gasteiger partial charge in [-0.05, 0) is 31.5 Å². The Bertz CT molecular complexity index is 1390. The van der Waals surface area contributed by atoms with Gasteiger partial charge in [-0.2, -0.15) is 4.99 Å². The summed E-state index contributed by atoms with van der Waals surface area (Å²) in [5, 5.41) is -0.537. The van der Waals surface area contributed by atoms with E-state index in [2.05, 4.69) is 4.99 Å². The Morgan fingerprint density at radius 3 is 2.21 bits per heavy atom. The topological polar surface area (TPSA) is 113 Å². The summed E-state index contributed by atoms with van der Waals surface area (Å²) in [4.78, 5) is 29.5. The average Bonchev–Trinajstić information content (AvgIpc) is 3.13. The van der Waals surface area contributed by atoms with Crippen molar-refractivity contribution in [1.82, 2.24) is 4.57 Å². The third-order valence-electron chi connectivity index (χ3n) is 5.15. The second-order valence-corrected chi connectivity index (χ2v) is 11.2. The zero-order chi connectivity index (χ0) is 25.0. The van der Waals surface area contributed by atoms with E-state index in [1.165, 1.54) is 44.8 Å². The Kier molecular flexibility index (Phi) is 7.78. The van der Waals surface area contributed by atoms with Gasteiger partial charge in [-0.3, -0.25) is 9.59 Å². The van der Waals surface area contributed by atoms with Crippen molar-refractivity contribution in [1.29, 1.82) is 0 Å². The number of benzene rings is 2. The van der Waals surface area contributed by atoms with Gasteiger partial charge in [0, 0.05) is 12.1 Å². The molecule has 34 heavy (non-hydrogen) atoms. The zero-order valence-corrected chi connectivity index (χ0v) is 21.2. The number of ether oxygens (including phenoxy) is 3. The fraction of sp³-hybridized carbons (Fsp3) is 0.348. The summed E-state index contributed by atoms with van der Waals surface area (Å²) in [5.74, 6) is 0.0467. The molecule has 0 saturated heterocycles. The van der Waals surface area contributed by atoms with Gasteiger partial charge in [0.05, 0.1) is 48.1 Å². The van der Waals surface area contributed by atoms with Crippen molar-refractivity contribution in [3.8, 4) is 11.5 Å². The van der Waals surface area contributed by atoms with Crippen LogP contribution in [0.1, 0.15) is 19.4 Å². The highest BCUT2D eigenvalue weighted by Crippen LogP contribution is 2.33. The predicted molar refractivity (Wildman–Crippen MR) is 128 cm³/mol. The van der Waals surface area contributed by atoms with E-state index < -0.39 is 27.0 Å². The van der Waals surface area contributed by atoms with Crippen molar-refractivity contribution < 1.29 is 32.2 Å². The molecule has 0 unspecified atom stereocenters. The minimum Gasteiger partial charge on any atom is -0.493 e. The molecule has 3 aromatic rings. The molecule has 0 aliphatic carbocycles. The summed E-state index contributed by atoms with van der Waals surface area (Å²) in [6, 6.07) is 9.66. The Labute approximate surface area is 201 Å². The number of thiazole rings is 1. The molecule has 11 heteroatoms. The van der Waals surface area contributed by atoms with E-state index in [4.69, 9.17) is 14.2 Å². The largest absolute Gasteiger partial charge is 0.493 e. The lowest BCUT2D eigenvalue weighted by molar-refractivity contribution is -0.141. The van der Waals surface area contributed by atoms with Crippen LogP contribution in [0.2, 0.25) is 0 Å². The van der Waals surface area contributed by atoms with Crippen LogP contribution in [0.3, 0.4) is 0 Å². The smallest absolute Gasteiger partial charge is 0.325 e. The van der Waals surface area contributed by atoms with Crippen molar-refractivity contribution in [3.63, 3.8) is 0 Å². The fourth-order valence-corrected chi connectivity index (χ4v) is 5.34. The number of carbonyl (C=O) groups excluding carboxylic acids is 2. The van der Waals surface area contributed by atoms with Crippen molar-refractivity contribution in [2.75, 3.05) is 21.3 Å². The van der Waals surface area contributed by atoms with E-state index in [1.54, 1.807) is 42.7 Å². The van der Waals surface area contributed by atoms with Crippen molar-refractivity contribution in [2.45, 2.75) is 37.0 Å². The number of methoxy groups -OCH3 is 3. The highest BCUT2D eigenvalue weighted by Gasteiger charge is 2.19. The first-order chi connectivity index (χ1) is 16.1. The van der Waals surface area contributed by atoms with Gasteiger partial charge in [0.2, 0.25) is 0 Å². The Hall–Kier alpha value is -3.18. The molecule has 1 aromatic heterocycles. The number of nitrogens with zero attached hydrogens (tertiary/aromatic N) is 2. The second-order valence-electron chi connectivity index (χ2n) is 7.64. The number of amides is 1. The Morgan fingerprint density at radius 1 is 1.03 bits per heavy atom. The van der Waals surface area contributed by atoms with Crippen LogP contribution in [0.25, 0.3) is 10.2 Å². The van der Waals surface area contributed by atoms with Gasteiger partial charge >= 0.3 is 5.97 Å². The lowest BCUT2D eigenvalue weighted by atomic mass is 10.1. The fourth-order valence-electron chi connectivity index (χ4n) is 3.22. The summed E-state index contributed by atoms with van der Waals surface area (Å²) in [7, 11) is 0.920. The first kappa shape index (κ1) is 25.4. The minimum atomic E-state index is -3.39. The lowest BCUT2D eigenvalue weighted by Gasteiger charge is -2.09. The Morgan fingerprint density at radius 2 is 1.65 bits per heavy atom. The van der Waals surface area contributed by atoms with Crippen molar-refractivity contribution >= 4 is 43.3 Å². The molecule has 2 aromatic carbocycles. The SMILES string of the molecule is COC(=O)Cn1c(=NC(=O)Cc2ccc(S(=O)(=O)C(C)C)cc2)sc2cc(OC)c(OC)cc21. The predicted octanol–water partition coefficient (Wildman–Crippen LogP) is 2.75. The normalized spacial score (nSPS) is 12.2. The van der Waals surface area contributed by atoms with Crippen LogP contribution in [0.4, 0.5) is 0 Å². The molecule has 3 rings (SSSR count). The molecule has 0 spiro atoms. The van der Waals surface area contributed by atoms with E-state index in [-0.39, 0.29) is 17.9 Å². The molecule has 0 aliphatic rings. The minimum absolute atomic E-state index is 0.0267. The summed E-state index contributed by atoms with van der Waals surface area (Å²) in [6.45, 7) is 3.09. The number of aromatic nitrogens is 1. The van der Waals surface area contributed by atoms with Gasteiger partial charge in [0.25, 0.3) is 5.91 Å². The van der Waals surface area contributed by atoms with Crippen LogP contribution in [0, 0.1) is 0 Å². The van der Waals surface area contributed by atoms with Gasteiger partial charge in [0.1, 0.15) is 6.54 Å². The van der Waals surface area contributed by atoms with Crippen LogP contribution < -0.4 is 14.3 Å². The number of fused-ring (bicyclic) bond motifs is 1. The van der Waals surface area contributed by atoms with Crippen LogP contribution in [0.5, 0.6) is 11.5 Å². The molecule has 0 bridgehead atoms. The lowest BCUT2D eigenvalue weighted by Crippen LogP contribution is -2.22. The van der Waals surface area contributed by atoms with E-state index in [1.807, 2.05) is 0 Å². The maximum Gasteiger partial charge on any atom is 0.325 e. The molecule has 0 N–H and O–H groups in total. The molecule has 1 heterocycles. The number of sulfone groups is 1. The molecule has 0 saturated carbocycles. The van der Waals surface area contributed by atoms with Gasteiger partial charge in [-0.15, -0.1) is 0 Å². The average molecular weight is 507 g/mol. The van der Waals surface area contributed by atoms with E-state index in [0.29, 0.717) is 27.4 Å². The van der Waals surface area contributed by atoms with Crippen molar-refractivity contribution in [2.24, 2.45) is 4.99 Å². The molecule has 0 radical (unpaired) electrons. The van der Waals surface area contributed by atoms with E-state index >= 15 is 0 Å². The van der Waals surface area contributed by atoms with Crippen LogP contribution in [-0.2, 0) is 37.1 Å². The quantitative estimate of drug-likeness (QED) is 0.432. The third-order valence-corrected chi connectivity index (χ3v) is 8.36. The van der Waals surface area contributed by atoms with Crippen LogP contribution in [-0.4, -0.2) is 51.4 Å². The number of rotatable bonds is 8. The van der Waals surface area contributed by atoms with Gasteiger partial charge in [0.15, 0.2) is 26.1 Å². The maximum atomic E-state index is 12.7. The summed E-state index contributed by atoms with van der Waals surface area (Å²) in [5.41, 5.74) is 1.27. The van der Waals surface area contributed by atoms with E-state index in [0.717, 1.165) is 4.70 Å². The molecular formula is C23H26N2O7S2. The summed E-state index contributed by atoms with van der Waals surface area (Å²) >= 11 is 1.23. The van der Waals surface area contributed by atoms with Crippen LogP contribution in [0.15, 0.2) is 46.3 Å². The zero-order valence-electron chi connectivity index (χ0n) is 19.5. The molecule has 9 nitrogen and oxygen atoms in total. The van der Waals surface area contributed by atoms with Crippen molar-refractivity contribution in [3.05, 3.63) is 46.8 Å². The summed E-state index contributed by atoms with van der Waals surface area (Å²) in [6.07, 6.45) is -0.0267.